The fourth-order valence-electron chi connectivity index (χ4n) is 3.40. The fourth-order valence-corrected chi connectivity index (χ4v) is 4.21. The molecule has 6 nitrogen and oxygen atoms in total. The van der Waals surface area contributed by atoms with E-state index in [-0.39, 0.29) is 25.0 Å². The van der Waals surface area contributed by atoms with Crippen molar-refractivity contribution in [3.05, 3.63) is 82.6 Å². The van der Waals surface area contributed by atoms with Crippen LogP contribution in [0.15, 0.2) is 72.1 Å². The van der Waals surface area contributed by atoms with Gasteiger partial charge in [0.1, 0.15) is 5.75 Å². The van der Waals surface area contributed by atoms with Crippen molar-refractivity contribution in [2.24, 2.45) is 5.73 Å². The maximum atomic E-state index is 13.0. The lowest BCUT2D eigenvalue weighted by Crippen LogP contribution is -2.50. The van der Waals surface area contributed by atoms with Gasteiger partial charge in [-0.3, -0.25) is 9.59 Å². The van der Waals surface area contributed by atoms with Gasteiger partial charge in [-0.15, -0.1) is 11.3 Å². The Kier molecular flexibility index (Phi) is 5.48. The van der Waals surface area contributed by atoms with Crippen molar-refractivity contribution in [2.45, 2.75) is 12.1 Å². The van der Waals surface area contributed by atoms with Crippen molar-refractivity contribution < 1.29 is 14.3 Å². The maximum Gasteiger partial charge on any atom is 0.260 e. The molecule has 0 aliphatic carbocycles. The Bertz CT molecular complexity index is 992. The lowest BCUT2D eigenvalue weighted by Gasteiger charge is -2.34. The zero-order valence-corrected chi connectivity index (χ0v) is 16.5. The summed E-state index contributed by atoms with van der Waals surface area (Å²) in [6.07, 6.45) is -0.792. The number of nitrogens with zero attached hydrogens (tertiary/aromatic N) is 1. The molecule has 2 atom stereocenters. The van der Waals surface area contributed by atoms with Gasteiger partial charge >= 0.3 is 0 Å². The van der Waals surface area contributed by atoms with Crippen molar-refractivity contribution in [3.8, 4) is 5.75 Å². The molecule has 3 aromatic rings. The number of fused-ring (bicyclic) bond motifs is 1. The molecule has 7 heteroatoms. The number of rotatable bonds is 6. The van der Waals surface area contributed by atoms with Crippen LogP contribution in [0.3, 0.4) is 0 Å². The number of para-hydroxylation sites is 2. The molecule has 4 rings (SSSR count). The Labute approximate surface area is 172 Å². The number of carbonyl (C=O) groups is 2. The zero-order valence-electron chi connectivity index (χ0n) is 15.7. The first-order valence-corrected chi connectivity index (χ1v) is 10.2. The Balaban J connectivity index is 1.54. The van der Waals surface area contributed by atoms with Crippen molar-refractivity contribution in [3.63, 3.8) is 0 Å². The summed E-state index contributed by atoms with van der Waals surface area (Å²) in [4.78, 5) is 27.5. The molecule has 2 aromatic carbocycles. The summed E-state index contributed by atoms with van der Waals surface area (Å²) >= 11 is 1.60. The standard InChI is InChI=1S/C22H21N3O3S/c23-22(27)18-13-25(16-9-4-5-10-17(16)28-18)14-20(26)24-21(19-11-6-12-29-19)15-7-2-1-3-8-15/h1-12,18,21H,13-14H2,(H2,23,27)(H,24,26)/t18-,21+/m1/s1. The van der Waals surface area contributed by atoms with Crippen molar-refractivity contribution in [1.29, 1.82) is 0 Å². The number of anilines is 1. The van der Waals surface area contributed by atoms with E-state index in [0.717, 1.165) is 16.1 Å². The third-order valence-electron chi connectivity index (χ3n) is 4.78. The van der Waals surface area contributed by atoms with Crippen LogP contribution in [0.25, 0.3) is 0 Å². The largest absolute Gasteiger partial charge is 0.477 e. The summed E-state index contributed by atoms with van der Waals surface area (Å²) in [5.74, 6) is -0.147. The highest BCUT2D eigenvalue weighted by Crippen LogP contribution is 2.33. The molecule has 1 aromatic heterocycles. The van der Waals surface area contributed by atoms with Gasteiger partial charge in [0, 0.05) is 4.88 Å². The summed E-state index contributed by atoms with van der Waals surface area (Å²) in [6.45, 7) is 0.327. The van der Waals surface area contributed by atoms with Crippen molar-refractivity contribution >= 4 is 28.8 Å². The number of primary amides is 1. The van der Waals surface area contributed by atoms with E-state index in [1.54, 1.807) is 17.4 Å². The minimum Gasteiger partial charge on any atom is -0.477 e. The van der Waals surface area contributed by atoms with Crippen LogP contribution in [-0.4, -0.2) is 31.0 Å². The number of nitrogens with one attached hydrogen (secondary N) is 1. The van der Waals surface area contributed by atoms with Gasteiger partial charge in [-0.25, -0.2) is 0 Å². The molecule has 2 amide bonds. The minimum absolute atomic E-state index is 0.0961. The quantitative estimate of drug-likeness (QED) is 0.658. The van der Waals surface area contributed by atoms with E-state index in [1.165, 1.54) is 0 Å². The first kappa shape index (κ1) is 19.0. The number of hydrogen-bond donors (Lipinski definition) is 2. The van der Waals surface area contributed by atoms with E-state index >= 15 is 0 Å². The van der Waals surface area contributed by atoms with Crippen molar-refractivity contribution in [1.82, 2.24) is 5.32 Å². The zero-order chi connectivity index (χ0) is 20.2. The highest BCUT2D eigenvalue weighted by molar-refractivity contribution is 7.10. The average molecular weight is 407 g/mol. The summed E-state index contributed by atoms with van der Waals surface area (Å²) < 4.78 is 5.67. The third kappa shape index (κ3) is 4.25. The highest BCUT2D eigenvalue weighted by Gasteiger charge is 2.30. The average Bonchev–Trinajstić information content (AvgIpc) is 3.27. The fraction of sp³-hybridized carbons (Fsp3) is 0.182. The molecule has 29 heavy (non-hydrogen) atoms. The minimum atomic E-state index is -0.792. The molecular weight excluding hydrogens is 386 g/mol. The van der Waals surface area contributed by atoms with E-state index in [4.69, 9.17) is 10.5 Å². The number of ether oxygens (including phenoxy) is 1. The lowest BCUT2D eigenvalue weighted by molar-refractivity contribution is -0.125. The van der Waals surface area contributed by atoms with Crippen LogP contribution < -0.4 is 20.7 Å². The molecule has 0 unspecified atom stereocenters. The maximum absolute atomic E-state index is 13.0. The van der Waals surface area contributed by atoms with Crippen LogP contribution >= 0.6 is 11.3 Å². The predicted octanol–water partition coefficient (Wildman–Crippen LogP) is 2.71. The normalized spacial score (nSPS) is 16.4. The Morgan fingerprint density at radius 1 is 1.10 bits per heavy atom. The molecule has 0 spiro atoms. The van der Waals surface area contributed by atoms with Crippen LogP contribution in [0, 0.1) is 0 Å². The molecule has 0 radical (unpaired) electrons. The Morgan fingerprint density at radius 3 is 2.59 bits per heavy atom. The summed E-state index contributed by atoms with van der Waals surface area (Å²) in [7, 11) is 0. The molecule has 0 saturated heterocycles. The monoisotopic (exact) mass is 407 g/mol. The molecule has 2 heterocycles. The van der Waals surface area contributed by atoms with Gasteiger partial charge in [-0.1, -0.05) is 48.5 Å². The van der Waals surface area contributed by atoms with E-state index in [1.807, 2.05) is 70.9 Å². The number of benzene rings is 2. The van der Waals surface area contributed by atoms with Crippen molar-refractivity contribution in [2.75, 3.05) is 18.0 Å². The molecule has 1 aliphatic rings. The van der Waals surface area contributed by atoms with Gasteiger partial charge in [0.05, 0.1) is 24.8 Å². The first-order chi connectivity index (χ1) is 14.1. The van der Waals surface area contributed by atoms with E-state index in [2.05, 4.69) is 5.32 Å². The summed E-state index contributed by atoms with van der Waals surface area (Å²) in [5, 5.41) is 5.12. The number of thiophene rings is 1. The van der Waals surface area contributed by atoms with Crippen LogP contribution in [0.2, 0.25) is 0 Å². The molecule has 0 bridgehead atoms. The lowest BCUT2D eigenvalue weighted by atomic mass is 10.1. The van der Waals surface area contributed by atoms with Crippen LogP contribution in [-0.2, 0) is 9.59 Å². The molecule has 0 saturated carbocycles. The SMILES string of the molecule is NC(=O)[C@H]1CN(CC(=O)N[C@@H](c2ccccc2)c2cccs2)c2ccccc2O1. The van der Waals surface area contributed by atoms with Gasteiger partial charge in [0.15, 0.2) is 6.10 Å². The molecular formula is C22H21N3O3S. The van der Waals surface area contributed by atoms with Gasteiger partial charge in [0.25, 0.3) is 5.91 Å². The van der Waals surface area contributed by atoms with Crippen LogP contribution in [0.4, 0.5) is 5.69 Å². The highest BCUT2D eigenvalue weighted by atomic mass is 32.1. The van der Waals surface area contributed by atoms with Gasteiger partial charge in [-0.05, 0) is 29.1 Å². The van der Waals surface area contributed by atoms with Gasteiger partial charge in [-0.2, -0.15) is 0 Å². The second-order valence-corrected chi connectivity index (χ2v) is 7.76. The van der Waals surface area contributed by atoms with E-state index in [0.29, 0.717) is 5.75 Å². The molecule has 3 N–H and O–H groups in total. The second-order valence-electron chi connectivity index (χ2n) is 6.78. The molecule has 148 valence electrons. The van der Waals surface area contributed by atoms with E-state index < -0.39 is 12.0 Å². The van der Waals surface area contributed by atoms with Gasteiger partial charge < -0.3 is 20.7 Å². The number of hydrogen-bond acceptors (Lipinski definition) is 5. The summed E-state index contributed by atoms with van der Waals surface area (Å²) in [6, 6.07) is 20.9. The molecule has 0 fully saturated rings. The Morgan fingerprint density at radius 2 is 1.86 bits per heavy atom. The topological polar surface area (TPSA) is 84.7 Å². The number of carbonyl (C=O) groups excluding carboxylic acids is 2. The third-order valence-corrected chi connectivity index (χ3v) is 5.72. The molecule has 1 aliphatic heterocycles. The van der Waals surface area contributed by atoms with Crippen LogP contribution in [0.5, 0.6) is 5.75 Å². The van der Waals surface area contributed by atoms with Crippen LogP contribution in [0.1, 0.15) is 16.5 Å². The van der Waals surface area contributed by atoms with Gasteiger partial charge in [0.2, 0.25) is 5.91 Å². The smallest absolute Gasteiger partial charge is 0.260 e. The number of amides is 2. The predicted molar refractivity (Wildman–Crippen MR) is 113 cm³/mol. The van der Waals surface area contributed by atoms with E-state index in [9.17, 15) is 9.59 Å². The Hall–Kier alpha value is -3.32. The number of nitrogens with two attached hydrogens (primary N) is 1. The second kappa shape index (κ2) is 8.36. The summed E-state index contributed by atoms with van der Waals surface area (Å²) in [5.41, 5.74) is 7.23. The first-order valence-electron chi connectivity index (χ1n) is 9.29.